The molecule has 4 N–H and O–H groups in total. The average molecular weight is 697 g/mol. The van der Waals surface area contributed by atoms with Crippen LogP contribution < -0.4 is 10.6 Å². The van der Waals surface area contributed by atoms with E-state index in [4.69, 9.17) is 0 Å². The summed E-state index contributed by atoms with van der Waals surface area (Å²) in [6.45, 7) is -1.07. The molecule has 16 heteroatoms. The van der Waals surface area contributed by atoms with Gasteiger partial charge in [-0.2, -0.15) is 0 Å². The van der Waals surface area contributed by atoms with Gasteiger partial charge in [0.05, 0.1) is 24.0 Å². The topological polar surface area (TPSA) is 146 Å². The van der Waals surface area contributed by atoms with Gasteiger partial charge in [-0.25, -0.2) is 0 Å². The number of carbonyl (C=O) groups is 4. The van der Waals surface area contributed by atoms with E-state index in [-0.39, 0.29) is 36.5 Å². The van der Waals surface area contributed by atoms with Crippen molar-refractivity contribution in [1.29, 1.82) is 0 Å². The molecule has 0 aliphatic carbocycles. The quantitative estimate of drug-likeness (QED) is 0.344. The predicted molar refractivity (Wildman–Crippen MR) is 175 cm³/mol. The molecule has 12 nitrogen and oxygen atoms in total. The van der Waals surface area contributed by atoms with Crippen LogP contribution in [0.15, 0.2) is 48.5 Å². The van der Waals surface area contributed by atoms with Crippen molar-refractivity contribution in [2.24, 2.45) is 0 Å². The minimum absolute atomic E-state index is 0.223. The fourth-order valence-electron chi connectivity index (χ4n) is 9.92. The largest absolute Gasteiger partial charge is 0.392 e. The van der Waals surface area contributed by atoms with Crippen molar-refractivity contribution in [3.05, 3.63) is 59.7 Å². The Labute approximate surface area is 279 Å². The zero-order chi connectivity index (χ0) is 31.8. The van der Waals surface area contributed by atoms with Gasteiger partial charge in [0, 0.05) is 38.3 Å². The van der Waals surface area contributed by atoms with Gasteiger partial charge in [0.1, 0.15) is 12.3 Å². The third-order valence-corrected chi connectivity index (χ3v) is 19.3. The highest BCUT2D eigenvalue weighted by Gasteiger charge is 2.87. The molecule has 4 bridgehead atoms. The molecule has 10 aliphatic rings. The summed E-state index contributed by atoms with van der Waals surface area (Å²) >= 11 is 0. The van der Waals surface area contributed by atoms with E-state index in [9.17, 15) is 29.4 Å². The maximum atomic E-state index is 14.7. The Hall–Kier alpha value is -2.76. The van der Waals surface area contributed by atoms with Crippen LogP contribution in [-0.4, -0.2) is 113 Å². The number of aliphatic hydroxyl groups excluding tert-OH is 2. The maximum absolute atomic E-state index is 14.7. The molecule has 0 unspecified atom stereocenters. The number of amides is 4. The number of likely N-dealkylation sites (N-methyl/N-ethyl adjacent to an activating group) is 2. The minimum atomic E-state index is -1.47. The number of nitrogens with one attached hydrogen (secondary N) is 2. The van der Waals surface area contributed by atoms with E-state index in [1.807, 2.05) is 48.5 Å². The van der Waals surface area contributed by atoms with Crippen molar-refractivity contribution in [2.45, 2.75) is 55.5 Å². The second kappa shape index (κ2) is 8.26. The zero-order valence-electron chi connectivity index (χ0n) is 24.6. The molecule has 2 aromatic carbocycles. The van der Waals surface area contributed by atoms with Crippen LogP contribution in [0.5, 0.6) is 0 Å². The van der Waals surface area contributed by atoms with E-state index in [0.29, 0.717) is 0 Å². The van der Waals surface area contributed by atoms with Crippen molar-refractivity contribution in [3.63, 3.8) is 0 Å². The van der Waals surface area contributed by atoms with Crippen LogP contribution in [0.4, 0.5) is 11.4 Å². The lowest BCUT2D eigenvalue weighted by atomic mass is 9.54. The molecule has 2 spiro atoms. The van der Waals surface area contributed by atoms with Crippen LogP contribution in [0.3, 0.4) is 0 Å². The summed E-state index contributed by atoms with van der Waals surface area (Å²) in [5, 5.41) is 28.6. The molecule has 2 aromatic rings. The molecule has 4 amide bonds. The van der Waals surface area contributed by atoms with E-state index >= 15 is 0 Å². The second-order valence-electron chi connectivity index (χ2n) is 13.3. The third kappa shape index (κ3) is 2.48. The molecule has 0 radical (unpaired) electrons. The molecule has 8 fully saturated rings. The average Bonchev–Trinajstić information content (AvgIpc) is 3.75. The van der Waals surface area contributed by atoms with Crippen molar-refractivity contribution in [2.75, 3.05) is 37.9 Å². The monoisotopic (exact) mass is 696 g/mol. The lowest BCUT2D eigenvalue weighted by molar-refractivity contribution is -0.166. The number of benzene rings is 2. The first-order chi connectivity index (χ1) is 22.1. The van der Waals surface area contributed by atoms with Gasteiger partial charge in [0.25, 0.3) is 23.6 Å². The van der Waals surface area contributed by atoms with Crippen LogP contribution >= 0.6 is 43.2 Å². The molecule has 46 heavy (non-hydrogen) atoms. The Kier molecular flexibility index (Phi) is 5.08. The fraction of sp³-hybridized carbons (Fsp3) is 0.467. The van der Waals surface area contributed by atoms with Crippen molar-refractivity contribution in [1.82, 2.24) is 19.6 Å². The zero-order valence-corrected chi connectivity index (χ0v) is 27.8. The molecule has 10 aliphatic heterocycles. The highest BCUT2D eigenvalue weighted by Crippen LogP contribution is 2.78. The lowest BCUT2D eigenvalue weighted by Gasteiger charge is -2.57. The normalized spacial score (nSPS) is 43.7. The molecular formula is C30H28N6O6S4. The van der Waals surface area contributed by atoms with Gasteiger partial charge in [0.2, 0.25) is 9.74 Å². The van der Waals surface area contributed by atoms with Crippen LogP contribution in [-0.2, 0) is 30.0 Å². The Bertz CT molecular complexity index is 1740. The van der Waals surface area contributed by atoms with Gasteiger partial charge in [-0.05, 0) is 44.8 Å². The van der Waals surface area contributed by atoms with Crippen molar-refractivity contribution < 1.29 is 29.4 Å². The van der Waals surface area contributed by atoms with E-state index < -0.39 is 55.9 Å². The van der Waals surface area contributed by atoms with Gasteiger partial charge in [-0.15, -0.1) is 0 Å². The molecule has 8 saturated heterocycles. The summed E-state index contributed by atoms with van der Waals surface area (Å²) in [7, 11) is 8.28. The number of carbonyl (C=O) groups excluding carboxylic acids is 4. The van der Waals surface area contributed by atoms with Gasteiger partial charge >= 0.3 is 0 Å². The Balaban J connectivity index is 1.29. The minimum Gasteiger partial charge on any atom is -0.392 e. The van der Waals surface area contributed by atoms with Gasteiger partial charge in [-0.3, -0.25) is 29.0 Å². The van der Waals surface area contributed by atoms with Crippen LogP contribution in [0.25, 0.3) is 0 Å². The first kappa shape index (κ1) is 28.3. The first-order valence-corrected chi connectivity index (χ1v) is 19.3. The lowest BCUT2D eigenvalue weighted by Crippen LogP contribution is -2.77. The molecule has 12 rings (SSSR count). The van der Waals surface area contributed by atoms with Crippen LogP contribution in [0, 0.1) is 0 Å². The number of para-hydroxylation sites is 2. The van der Waals surface area contributed by atoms with E-state index in [2.05, 4.69) is 10.6 Å². The number of anilines is 2. The fourth-order valence-corrected chi connectivity index (χ4v) is 17.2. The number of piperazine rings is 2. The number of hydrogen-bond acceptors (Lipinski definition) is 12. The van der Waals surface area contributed by atoms with E-state index in [0.717, 1.165) is 22.5 Å². The van der Waals surface area contributed by atoms with E-state index in [1.165, 1.54) is 53.0 Å². The van der Waals surface area contributed by atoms with Gasteiger partial charge in [0.15, 0.2) is 9.74 Å². The standard InChI is InChI=1S/C30H28N6O6S4/c1-33-21(39)27-11-25(15-7-3-5-9-17(15)31-19(25)35(27)23(41)29(33,13-37)45-43-27)26-12-28-22(40)34(2)30(14-38,46-44-28)24(42)36(28)20(26)32-18-10-6-4-8-16(18)26/h3-10,19-20,31-32,37-38H,11-14H2,1-2H3/t19-,20-,25+,26+,27-,28+,29+,30+/m1/s1. The molecular weight excluding hydrogens is 669 g/mol. The van der Waals surface area contributed by atoms with Gasteiger partial charge in [-0.1, -0.05) is 58.0 Å². The van der Waals surface area contributed by atoms with Crippen LogP contribution in [0.2, 0.25) is 0 Å². The summed E-state index contributed by atoms with van der Waals surface area (Å²) < 4.78 is 0. The summed E-state index contributed by atoms with van der Waals surface area (Å²) in [6.07, 6.45) is -1.01. The van der Waals surface area contributed by atoms with Crippen LogP contribution in [0.1, 0.15) is 24.0 Å². The Morgan fingerprint density at radius 3 is 1.43 bits per heavy atom. The molecule has 10 heterocycles. The number of aliphatic hydroxyl groups is 2. The third-order valence-electron chi connectivity index (χ3n) is 12.0. The second-order valence-corrected chi connectivity index (χ2v) is 18.7. The molecule has 8 atom stereocenters. The highest BCUT2D eigenvalue weighted by atomic mass is 33.1. The van der Waals surface area contributed by atoms with Gasteiger partial charge < -0.3 is 30.6 Å². The number of hydrogen-bond donors (Lipinski definition) is 4. The first-order valence-electron chi connectivity index (χ1n) is 15.0. The maximum Gasteiger partial charge on any atom is 0.265 e. The summed E-state index contributed by atoms with van der Waals surface area (Å²) in [5.41, 5.74) is 1.45. The van der Waals surface area contributed by atoms with E-state index in [1.54, 1.807) is 23.9 Å². The smallest absolute Gasteiger partial charge is 0.265 e. The molecule has 0 saturated carbocycles. The summed E-state index contributed by atoms with van der Waals surface area (Å²) in [4.78, 5) is 59.0. The number of nitrogens with zero attached hydrogens (tertiary/aromatic N) is 4. The Morgan fingerprint density at radius 2 is 1.04 bits per heavy atom. The van der Waals surface area contributed by atoms with Crippen molar-refractivity contribution >= 4 is 78.2 Å². The highest BCUT2D eigenvalue weighted by molar-refractivity contribution is 8.78. The predicted octanol–water partition coefficient (Wildman–Crippen LogP) is 1.33. The number of fused-ring (bicyclic) bond motifs is 11. The van der Waals surface area contributed by atoms with Crippen molar-refractivity contribution in [3.8, 4) is 0 Å². The molecule has 238 valence electrons. The summed E-state index contributed by atoms with van der Waals surface area (Å²) in [5.74, 6) is -1.19. The Morgan fingerprint density at radius 1 is 0.652 bits per heavy atom. The summed E-state index contributed by atoms with van der Waals surface area (Å²) in [6, 6.07) is 15.8. The number of rotatable bonds is 3. The molecule has 0 aromatic heterocycles. The SMILES string of the molecule is CN1C(=O)[C@@]23C[C@]4([C@]56C[C@]78SS[C@@](CO)(C(=O)N7[C@H]5Nc5ccccc56)N(C)C8=O)c5ccccc5N[C@@H]4N2C(=O)[C@]1(CO)SS3.